The van der Waals surface area contributed by atoms with E-state index in [9.17, 15) is 0 Å². The van der Waals surface area contributed by atoms with Crippen molar-refractivity contribution in [3.8, 4) is 0 Å². The molecule has 0 spiro atoms. The Bertz CT molecular complexity index is 291. The van der Waals surface area contributed by atoms with Crippen molar-refractivity contribution in [2.24, 2.45) is 5.73 Å². The van der Waals surface area contributed by atoms with Crippen LogP contribution in [0, 0.1) is 0 Å². The summed E-state index contributed by atoms with van der Waals surface area (Å²) in [6, 6.07) is 0.216. The summed E-state index contributed by atoms with van der Waals surface area (Å²) in [4.78, 5) is 6.69. The molecule has 1 aromatic heterocycles. The van der Waals surface area contributed by atoms with E-state index in [1.807, 2.05) is 11.6 Å². The van der Waals surface area contributed by atoms with Crippen LogP contribution in [0.15, 0.2) is 11.6 Å². The van der Waals surface area contributed by atoms with Crippen LogP contribution in [0.25, 0.3) is 0 Å². The summed E-state index contributed by atoms with van der Waals surface area (Å²) in [6.45, 7) is 3.70. The first-order valence-electron chi connectivity index (χ1n) is 5.17. The molecule has 0 amide bonds. The van der Waals surface area contributed by atoms with Crippen LogP contribution >= 0.6 is 11.3 Å². The number of ether oxygens (including phenoxy) is 1. The van der Waals surface area contributed by atoms with Gasteiger partial charge in [-0.3, -0.25) is 4.90 Å². The van der Waals surface area contributed by atoms with Crippen molar-refractivity contribution in [1.82, 2.24) is 9.88 Å². The third-order valence-electron chi connectivity index (χ3n) is 2.82. The monoisotopic (exact) mass is 227 g/mol. The van der Waals surface area contributed by atoms with Crippen LogP contribution in [0.5, 0.6) is 0 Å². The Labute approximate surface area is 94.1 Å². The molecule has 0 aliphatic carbocycles. The molecule has 2 unspecified atom stereocenters. The molecule has 0 aromatic carbocycles. The van der Waals surface area contributed by atoms with E-state index < -0.39 is 0 Å². The van der Waals surface area contributed by atoms with Crippen LogP contribution in [-0.2, 0) is 4.74 Å². The maximum Gasteiger partial charge on any atom is 0.0984 e. The molecule has 1 fully saturated rings. The summed E-state index contributed by atoms with van der Waals surface area (Å²) in [5.41, 5.74) is 6.12. The smallest absolute Gasteiger partial charge is 0.0984 e. The van der Waals surface area contributed by atoms with Gasteiger partial charge in [0, 0.05) is 50.3 Å². The highest BCUT2D eigenvalue weighted by atomic mass is 32.1. The van der Waals surface area contributed by atoms with Crippen molar-refractivity contribution < 1.29 is 4.74 Å². The predicted molar refractivity (Wildman–Crippen MR) is 61.1 cm³/mol. The number of likely N-dealkylation sites (tertiary alicyclic amines) is 1. The van der Waals surface area contributed by atoms with Gasteiger partial charge in [0.15, 0.2) is 0 Å². The molecule has 2 rings (SSSR count). The zero-order chi connectivity index (χ0) is 10.7. The number of rotatable bonds is 4. The van der Waals surface area contributed by atoms with Gasteiger partial charge in [0.25, 0.3) is 0 Å². The lowest BCUT2D eigenvalue weighted by atomic mass is 10.1. The number of hydrogen-bond donors (Lipinski definition) is 1. The molecule has 2 heterocycles. The molecule has 4 nitrogen and oxygen atoms in total. The fraction of sp³-hybridized carbons (Fsp3) is 0.700. The van der Waals surface area contributed by atoms with E-state index in [1.54, 1.807) is 18.4 Å². The Morgan fingerprint density at radius 3 is 3.20 bits per heavy atom. The van der Waals surface area contributed by atoms with Gasteiger partial charge in [0.2, 0.25) is 0 Å². The normalized spacial score (nSPS) is 27.3. The molecule has 2 atom stereocenters. The SMILES string of the molecule is COCCN1CC(N)C(c2nccs2)C1. The Balaban J connectivity index is 1.93. The minimum Gasteiger partial charge on any atom is -0.383 e. The van der Waals surface area contributed by atoms with E-state index >= 15 is 0 Å². The van der Waals surface area contributed by atoms with E-state index in [0.717, 1.165) is 26.2 Å². The van der Waals surface area contributed by atoms with E-state index in [1.165, 1.54) is 5.01 Å². The third-order valence-corrected chi connectivity index (χ3v) is 3.73. The number of methoxy groups -OCH3 is 1. The molecule has 0 radical (unpaired) electrons. The predicted octanol–water partition coefficient (Wildman–Crippen LogP) is 0.516. The van der Waals surface area contributed by atoms with Gasteiger partial charge in [-0.25, -0.2) is 4.98 Å². The molecular weight excluding hydrogens is 210 g/mol. The molecule has 2 N–H and O–H groups in total. The van der Waals surface area contributed by atoms with Gasteiger partial charge in [-0.05, 0) is 0 Å². The van der Waals surface area contributed by atoms with Gasteiger partial charge in [-0.1, -0.05) is 0 Å². The minimum atomic E-state index is 0.216. The quantitative estimate of drug-likeness (QED) is 0.814. The summed E-state index contributed by atoms with van der Waals surface area (Å²) in [7, 11) is 1.73. The molecule has 5 heteroatoms. The van der Waals surface area contributed by atoms with E-state index in [-0.39, 0.29) is 6.04 Å². The Morgan fingerprint density at radius 2 is 2.53 bits per heavy atom. The average molecular weight is 227 g/mol. The van der Waals surface area contributed by atoms with Crippen LogP contribution in [0.2, 0.25) is 0 Å². The van der Waals surface area contributed by atoms with Crippen LogP contribution in [-0.4, -0.2) is 49.3 Å². The highest BCUT2D eigenvalue weighted by Gasteiger charge is 2.32. The topological polar surface area (TPSA) is 51.4 Å². The van der Waals surface area contributed by atoms with Crippen molar-refractivity contribution in [3.63, 3.8) is 0 Å². The minimum absolute atomic E-state index is 0.216. The van der Waals surface area contributed by atoms with Gasteiger partial charge in [0.05, 0.1) is 11.6 Å². The largest absolute Gasteiger partial charge is 0.383 e. The molecule has 0 bridgehead atoms. The fourth-order valence-electron chi connectivity index (χ4n) is 2.00. The fourth-order valence-corrected chi connectivity index (χ4v) is 2.80. The number of nitrogens with zero attached hydrogens (tertiary/aromatic N) is 2. The van der Waals surface area contributed by atoms with Gasteiger partial charge < -0.3 is 10.5 Å². The number of nitrogens with two attached hydrogens (primary N) is 1. The molecule has 1 aliphatic rings. The molecule has 0 saturated carbocycles. The van der Waals surface area contributed by atoms with Crippen molar-refractivity contribution in [3.05, 3.63) is 16.6 Å². The zero-order valence-corrected chi connectivity index (χ0v) is 9.74. The maximum atomic E-state index is 6.12. The zero-order valence-electron chi connectivity index (χ0n) is 8.93. The Kier molecular flexibility index (Phi) is 3.69. The Hall–Kier alpha value is -0.490. The highest BCUT2D eigenvalue weighted by molar-refractivity contribution is 7.09. The molecule has 1 aliphatic heterocycles. The second kappa shape index (κ2) is 5.03. The van der Waals surface area contributed by atoms with Crippen molar-refractivity contribution >= 4 is 11.3 Å². The summed E-state index contributed by atoms with van der Waals surface area (Å²) in [6.07, 6.45) is 1.85. The number of hydrogen-bond acceptors (Lipinski definition) is 5. The van der Waals surface area contributed by atoms with Crippen LogP contribution in [0.4, 0.5) is 0 Å². The lowest BCUT2D eigenvalue weighted by molar-refractivity contribution is 0.160. The number of aromatic nitrogens is 1. The van der Waals surface area contributed by atoms with E-state index in [2.05, 4.69) is 9.88 Å². The van der Waals surface area contributed by atoms with E-state index in [4.69, 9.17) is 10.5 Å². The second-order valence-corrected chi connectivity index (χ2v) is 4.82. The Morgan fingerprint density at radius 1 is 1.67 bits per heavy atom. The first kappa shape index (κ1) is 11.0. The molecule has 15 heavy (non-hydrogen) atoms. The molecule has 1 aromatic rings. The number of thiazole rings is 1. The lowest BCUT2D eigenvalue weighted by Gasteiger charge is -2.13. The van der Waals surface area contributed by atoms with E-state index in [0.29, 0.717) is 5.92 Å². The van der Waals surface area contributed by atoms with Crippen LogP contribution < -0.4 is 5.73 Å². The van der Waals surface area contributed by atoms with Crippen LogP contribution in [0.1, 0.15) is 10.9 Å². The summed E-state index contributed by atoms with van der Waals surface area (Å²) < 4.78 is 5.07. The first-order valence-corrected chi connectivity index (χ1v) is 6.05. The third kappa shape index (κ3) is 2.55. The van der Waals surface area contributed by atoms with Crippen molar-refractivity contribution in [1.29, 1.82) is 0 Å². The average Bonchev–Trinajstić information content (AvgIpc) is 2.83. The standard InChI is InChI=1S/C10H17N3OS/c1-14-4-3-13-6-8(9(11)7-13)10-12-2-5-15-10/h2,5,8-9H,3-4,6-7,11H2,1H3. The van der Waals surface area contributed by atoms with Crippen LogP contribution in [0.3, 0.4) is 0 Å². The second-order valence-electron chi connectivity index (χ2n) is 3.89. The molecular formula is C10H17N3OS. The van der Waals surface area contributed by atoms with Gasteiger partial charge >= 0.3 is 0 Å². The van der Waals surface area contributed by atoms with Gasteiger partial charge in [-0.15, -0.1) is 11.3 Å². The summed E-state index contributed by atoms with van der Waals surface area (Å²) in [5, 5.41) is 3.18. The highest BCUT2D eigenvalue weighted by Crippen LogP contribution is 2.27. The summed E-state index contributed by atoms with van der Waals surface area (Å²) in [5.74, 6) is 0.404. The van der Waals surface area contributed by atoms with Crippen molar-refractivity contribution in [2.45, 2.75) is 12.0 Å². The van der Waals surface area contributed by atoms with Crippen molar-refractivity contribution in [2.75, 3.05) is 33.4 Å². The van der Waals surface area contributed by atoms with Gasteiger partial charge in [0.1, 0.15) is 0 Å². The molecule has 84 valence electrons. The molecule has 1 saturated heterocycles. The van der Waals surface area contributed by atoms with Gasteiger partial charge in [-0.2, -0.15) is 0 Å². The summed E-state index contributed by atoms with van der Waals surface area (Å²) >= 11 is 1.70. The first-order chi connectivity index (χ1) is 7.31. The lowest BCUT2D eigenvalue weighted by Crippen LogP contribution is -2.30. The maximum absolute atomic E-state index is 6.12.